The van der Waals surface area contributed by atoms with Crippen molar-refractivity contribution in [1.29, 1.82) is 0 Å². The molecule has 30 heavy (non-hydrogen) atoms. The first-order chi connectivity index (χ1) is 14.5. The van der Waals surface area contributed by atoms with Crippen molar-refractivity contribution in [2.24, 2.45) is 0 Å². The molecule has 0 radical (unpaired) electrons. The van der Waals surface area contributed by atoms with E-state index in [2.05, 4.69) is 28.9 Å². The molecule has 0 saturated carbocycles. The van der Waals surface area contributed by atoms with E-state index in [1.54, 1.807) is 6.20 Å². The third kappa shape index (κ3) is 3.70. The largest absolute Gasteiger partial charge is 0.392 e. The molecule has 162 valence electrons. The number of H-pyrrole nitrogens is 1. The van der Waals surface area contributed by atoms with E-state index in [0.29, 0.717) is 19.6 Å². The molecule has 4 heterocycles. The third-order valence-electron chi connectivity index (χ3n) is 6.49. The summed E-state index contributed by atoms with van der Waals surface area (Å²) in [4.78, 5) is 24.4. The van der Waals surface area contributed by atoms with Crippen molar-refractivity contribution in [3.05, 3.63) is 30.2 Å². The lowest BCUT2D eigenvalue weighted by molar-refractivity contribution is 0.0535. The number of hydrogen-bond donors (Lipinski definition) is 2. The van der Waals surface area contributed by atoms with Gasteiger partial charge in [-0.15, -0.1) is 0 Å². The van der Waals surface area contributed by atoms with E-state index >= 15 is 0 Å². The molecule has 8 nitrogen and oxygen atoms in total. The number of aromatic nitrogens is 3. The summed E-state index contributed by atoms with van der Waals surface area (Å²) in [7, 11) is 0. The van der Waals surface area contributed by atoms with Crippen LogP contribution in [-0.2, 0) is 6.42 Å². The molecule has 2 aromatic heterocycles. The van der Waals surface area contributed by atoms with Crippen LogP contribution in [0, 0.1) is 0 Å². The van der Waals surface area contributed by atoms with E-state index in [0.717, 1.165) is 55.0 Å². The number of likely N-dealkylation sites (N-methyl/N-ethyl adjacent to an activating group) is 1. The zero-order valence-electron chi connectivity index (χ0n) is 18.1. The number of anilines is 1. The molecule has 1 atom stereocenters. The van der Waals surface area contributed by atoms with E-state index < -0.39 is 0 Å². The minimum atomic E-state index is -0.326. The zero-order valence-corrected chi connectivity index (χ0v) is 18.1. The number of piperidine rings is 1. The summed E-state index contributed by atoms with van der Waals surface area (Å²) in [5, 5.41) is 16.6. The van der Waals surface area contributed by atoms with Gasteiger partial charge < -0.3 is 14.9 Å². The number of aliphatic hydroxyl groups is 1. The molecular formula is C22H32N6O2. The average molecular weight is 413 g/mol. The van der Waals surface area contributed by atoms with Crippen LogP contribution in [0.1, 0.15) is 39.3 Å². The summed E-state index contributed by atoms with van der Waals surface area (Å²) < 4.78 is 0. The van der Waals surface area contributed by atoms with Crippen molar-refractivity contribution >= 4 is 11.8 Å². The van der Waals surface area contributed by atoms with E-state index in [9.17, 15) is 9.90 Å². The topological polar surface area (TPSA) is 88.6 Å². The third-order valence-corrected chi connectivity index (χ3v) is 6.49. The molecule has 0 bridgehead atoms. The van der Waals surface area contributed by atoms with Crippen LogP contribution >= 0.6 is 0 Å². The zero-order chi connectivity index (χ0) is 21.3. The van der Waals surface area contributed by atoms with Gasteiger partial charge in [0.2, 0.25) is 0 Å². The summed E-state index contributed by atoms with van der Waals surface area (Å²) in [6, 6.07) is 4.05. The minimum absolute atomic E-state index is 0.0482. The van der Waals surface area contributed by atoms with Crippen LogP contribution in [0.3, 0.4) is 0 Å². The SMILES string of the molecule is CCc1nc(N2CC3(CCN(CC(C)O)CC3)N(CC)C2=O)ccc1-c1cn[nH]c1. The molecule has 1 unspecified atom stereocenters. The van der Waals surface area contributed by atoms with Crippen molar-refractivity contribution in [2.45, 2.75) is 51.7 Å². The number of hydrogen-bond acceptors (Lipinski definition) is 5. The second-order valence-electron chi connectivity index (χ2n) is 8.49. The van der Waals surface area contributed by atoms with Gasteiger partial charge in [0, 0.05) is 43.5 Å². The Morgan fingerprint density at radius 1 is 1.27 bits per heavy atom. The van der Waals surface area contributed by atoms with E-state index in [-0.39, 0.29) is 17.7 Å². The number of carbonyl (C=O) groups excluding carboxylic acids is 1. The lowest BCUT2D eigenvalue weighted by Crippen LogP contribution is -2.55. The molecule has 2 aliphatic heterocycles. The van der Waals surface area contributed by atoms with Crippen LogP contribution in [0.25, 0.3) is 11.1 Å². The second kappa shape index (κ2) is 8.35. The van der Waals surface area contributed by atoms with Crippen LogP contribution in [0.15, 0.2) is 24.5 Å². The molecule has 2 fully saturated rings. The fraction of sp³-hybridized carbons (Fsp3) is 0.591. The maximum absolute atomic E-state index is 13.3. The fourth-order valence-corrected chi connectivity index (χ4v) is 4.97. The van der Waals surface area contributed by atoms with Crippen LogP contribution in [-0.4, -0.2) is 80.5 Å². The molecule has 4 rings (SSSR count). The summed E-state index contributed by atoms with van der Waals surface area (Å²) in [5.41, 5.74) is 2.88. The molecule has 2 aliphatic rings. The highest BCUT2D eigenvalue weighted by atomic mass is 16.3. The number of amides is 2. The number of β-amino-alcohol motifs (C(OH)–C–C–N with tert-alkyl or cyclic N) is 1. The van der Waals surface area contributed by atoms with Gasteiger partial charge >= 0.3 is 6.03 Å². The number of likely N-dealkylation sites (tertiary alicyclic amines) is 1. The monoisotopic (exact) mass is 412 g/mol. The predicted molar refractivity (Wildman–Crippen MR) is 116 cm³/mol. The molecule has 0 aromatic carbocycles. The minimum Gasteiger partial charge on any atom is -0.392 e. The van der Waals surface area contributed by atoms with Crippen molar-refractivity contribution < 1.29 is 9.90 Å². The molecule has 2 amide bonds. The van der Waals surface area contributed by atoms with Gasteiger partial charge in [-0.1, -0.05) is 6.92 Å². The highest BCUT2D eigenvalue weighted by molar-refractivity contribution is 5.94. The van der Waals surface area contributed by atoms with Gasteiger partial charge in [0.1, 0.15) is 5.82 Å². The van der Waals surface area contributed by atoms with Crippen LogP contribution in [0.4, 0.5) is 10.6 Å². The Morgan fingerprint density at radius 2 is 2.03 bits per heavy atom. The molecule has 2 N–H and O–H groups in total. The highest BCUT2D eigenvalue weighted by Gasteiger charge is 2.50. The molecule has 8 heteroatoms. The average Bonchev–Trinajstić information content (AvgIpc) is 3.36. The Kier molecular flexibility index (Phi) is 5.79. The summed E-state index contributed by atoms with van der Waals surface area (Å²) in [5.74, 6) is 0.728. The van der Waals surface area contributed by atoms with Crippen molar-refractivity contribution in [1.82, 2.24) is 25.0 Å². The van der Waals surface area contributed by atoms with Crippen molar-refractivity contribution in [2.75, 3.05) is 37.6 Å². The maximum atomic E-state index is 13.3. The first-order valence-electron chi connectivity index (χ1n) is 11.0. The van der Waals surface area contributed by atoms with Gasteiger partial charge in [0.15, 0.2) is 0 Å². The molecular weight excluding hydrogens is 380 g/mol. The molecule has 0 aliphatic carbocycles. The van der Waals surface area contributed by atoms with Gasteiger partial charge in [-0.25, -0.2) is 9.78 Å². The lowest BCUT2D eigenvalue weighted by atomic mass is 9.86. The smallest absolute Gasteiger partial charge is 0.326 e. The molecule has 2 aromatic rings. The Hall–Kier alpha value is -2.45. The van der Waals surface area contributed by atoms with Gasteiger partial charge in [-0.3, -0.25) is 10.00 Å². The summed E-state index contributed by atoms with van der Waals surface area (Å²) in [6.07, 6.45) is 5.96. The number of aliphatic hydroxyl groups excluding tert-OH is 1. The standard InChI is InChI=1S/C22H32N6O2/c1-4-19-18(17-12-23-24-13-17)6-7-20(25-19)27-15-22(28(5-2)21(27)30)8-10-26(11-9-22)14-16(3)29/h6-7,12-13,16,29H,4-5,8-11,14-15H2,1-3H3,(H,23,24). The molecule has 1 spiro atoms. The number of carbonyl (C=O) groups is 1. The number of nitrogens with zero attached hydrogens (tertiary/aromatic N) is 5. The van der Waals surface area contributed by atoms with E-state index in [1.165, 1.54) is 0 Å². The number of nitrogens with one attached hydrogen (secondary N) is 1. The Labute approximate surface area is 177 Å². The van der Waals surface area contributed by atoms with Gasteiger partial charge in [0.05, 0.1) is 30.1 Å². The van der Waals surface area contributed by atoms with Gasteiger partial charge in [-0.05, 0) is 45.2 Å². The van der Waals surface area contributed by atoms with Crippen LogP contribution in [0.2, 0.25) is 0 Å². The first-order valence-corrected chi connectivity index (χ1v) is 11.0. The Morgan fingerprint density at radius 3 is 2.63 bits per heavy atom. The second-order valence-corrected chi connectivity index (χ2v) is 8.49. The van der Waals surface area contributed by atoms with Crippen LogP contribution < -0.4 is 4.90 Å². The van der Waals surface area contributed by atoms with Crippen molar-refractivity contribution in [3.63, 3.8) is 0 Å². The predicted octanol–water partition coefficient (Wildman–Crippen LogP) is 2.51. The number of aromatic amines is 1. The first kappa shape index (κ1) is 20.8. The highest BCUT2D eigenvalue weighted by Crippen LogP contribution is 2.38. The quantitative estimate of drug-likeness (QED) is 0.761. The van der Waals surface area contributed by atoms with Crippen molar-refractivity contribution in [3.8, 4) is 11.1 Å². The molecule has 2 saturated heterocycles. The fourth-order valence-electron chi connectivity index (χ4n) is 4.97. The Balaban J connectivity index is 1.58. The summed E-state index contributed by atoms with van der Waals surface area (Å²) >= 11 is 0. The van der Waals surface area contributed by atoms with E-state index in [4.69, 9.17) is 4.98 Å². The number of pyridine rings is 1. The summed E-state index contributed by atoms with van der Waals surface area (Å²) in [6.45, 7) is 9.82. The van der Waals surface area contributed by atoms with Gasteiger partial charge in [0.25, 0.3) is 0 Å². The maximum Gasteiger partial charge on any atom is 0.326 e. The van der Waals surface area contributed by atoms with E-state index in [1.807, 2.05) is 35.1 Å². The normalized spacial score (nSPS) is 20.3. The number of aryl methyl sites for hydroxylation is 1. The van der Waals surface area contributed by atoms with Crippen LogP contribution in [0.5, 0.6) is 0 Å². The van der Waals surface area contributed by atoms with Gasteiger partial charge in [-0.2, -0.15) is 5.10 Å². The number of rotatable bonds is 6. The number of urea groups is 1. The Bertz CT molecular complexity index is 874. The lowest BCUT2D eigenvalue weighted by Gasteiger charge is -2.43.